The molecule has 1 saturated heterocycles. The second kappa shape index (κ2) is 8.72. The molecule has 2 atom stereocenters. The monoisotopic (exact) mass is 263 g/mol. The summed E-state index contributed by atoms with van der Waals surface area (Å²) in [7, 11) is 1.97. The molecule has 0 saturated carbocycles. The maximum Gasteiger partial charge on any atom is 0.234 e. The third-order valence-electron chi connectivity index (χ3n) is 3.31. The molecular weight excluding hydrogens is 238 g/mol. The van der Waals surface area contributed by atoms with Crippen molar-refractivity contribution in [3.8, 4) is 0 Å². The zero-order chi connectivity index (χ0) is 12.0. The van der Waals surface area contributed by atoms with Gasteiger partial charge in [-0.05, 0) is 39.8 Å². The molecule has 1 amide bonds. The highest BCUT2D eigenvalue weighted by atomic mass is 35.5. The van der Waals surface area contributed by atoms with Crippen molar-refractivity contribution in [2.75, 3.05) is 26.7 Å². The van der Waals surface area contributed by atoms with Crippen LogP contribution in [0.4, 0.5) is 0 Å². The Morgan fingerprint density at radius 1 is 1.53 bits per heavy atom. The summed E-state index contributed by atoms with van der Waals surface area (Å²) < 4.78 is 0. The molecule has 0 aromatic rings. The number of hydrogen-bond acceptors (Lipinski definition) is 3. The highest BCUT2D eigenvalue weighted by Gasteiger charge is 2.25. The van der Waals surface area contributed by atoms with Gasteiger partial charge in [0.05, 0.1) is 6.54 Å². The van der Waals surface area contributed by atoms with E-state index in [4.69, 9.17) is 0 Å². The molecule has 1 aliphatic heterocycles. The van der Waals surface area contributed by atoms with E-state index in [1.165, 1.54) is 12.8 Å². The molecule has 2 N–H and O–H groups in total. The van der Waals surface area contributed by atoms with E-state index in [2.05, 4.69) is 22.5 Å². The van der Waals surface area contributed by atoms with E-state index in [9.17, 15) is 4.79 Å². The smallest absolute Gasteiger partial charge is 0.234 e. The van der Waals surface area contributed by atoms with Crippen LogP contribution >= 0.6 is 12.4 Å². The average molecular weight is 264 g/mol. The summed E-state index contributed by atoms with van der Waals surface area (Å²) in [6, 6.07) is 0.825. The van der Waals surface area contributed by atoms with E-state index in [-0.39, 0.29) is 24.4 Å². The van der Waals surface area contributed by atoms with Crippen molar-refractivity contribution in [2.45, 2.75) is 45.2 Å². The van der Waals surface area contributed by atoms with Gasteiger partial charge in [0, 0.05) is 18.6 Å². The molecule has 17 heavy (non-hydrogen) atoms. The van der Waals surface area contributed by atoms with Gasteiger partial charge >= 0.3 is 0 Å². The van der Waals surface area contributed by atoms with E-state index in [1.807, 2.05) is 14.0 Å². The minimum absolute atomic E-state index is 0. The van der Waals surface area contributed by atoms with Crippen LogP contribution in [0.1, 0.15) is 33.1 Å². The molecular formula is C12H26ClN3O. The summed E-state index contributed by atoms with van der Waals surface area (Å²) in [6.45, 7) is 6.73. The zero-order valence-corrected chi connectivity index (χ0v) is 12.0. The molecule has 5 heteroatoms. The Morgan fingerprint density at radius 3 is 2.82 bits per heavy atom. The predicted octanol–water partition coefficient (Wildman–Crippen LogP) is 1.01. The van der Waals surface area contributed by atoms with Crippen LogP contribution in [0.2, 0.25) is 0 Å². The van der Waals surface area contributed by atoms with Gasteiger partial charge in [-0.2, -0.15) is 0 Å². The van der Waals surface area contributed by atoms with Gasteiger partial charge in [-0.1, -0.05) is 6.92 Å². The molecule has 0 aromatic carbocycles. The first kappa shape index (κ1) is 16.7. The van der Waals surface area contributed by atoms with Gasteiger partial charge in [0.1, 0.15) is 0 Å². The Morgan fingerprint density at radius 2 is 2.24 bits per heavy atom. The lowest BCUT2D eigenvalue weighted by Crippen LogP contribution is -2.45. The van der Waals surface area contributed by atoms with Crippen molar-refractivity contribution in [1.82, 2.24) is 15.5 Å². The summed E-state index contributed by atoms with van der Waals surface area (Å²) in [6.07, 6.45) is 3.41. The van der Waals surface area contributed by atoms with Crippen LogP contribution in [0.5, 0.6) is 0 Å². The number of carbonyl (C=O) groups excluding carboxylic acids is 1. The number of nitrogens with one attached hydrogen (secondary N) is 2. The first-order valence-electron chi connectivity index (χ1n) is 6.35. The van der Waals surface area contributed by atoms with Crippen LogP contribution in [0.3, 0.4) is 0 Å². The second-order valence-corrected chi connectivity index (χ2v) is 4.70. The molecule has 2 unspecified atom stereocenters. The standard InChI is InChI=1S/C12H25N3O.ClH/c1-4-10(2)14-12(16)9-15-7-5-6-11(15)8-13-3;/h10-11,13H,4-9H2,1-3H3,(H,14,16);1H. The highest BCUT2D eigenvalue weighted by Crippen LogP contribution is 2.15. The van der Waals surface area contributed by atoms with Gasteiger partial charge in [-0.25, -0.2) is 0 Å². The lowest BCUT2D eigenvalue weighted by atomic mass is 10.2. The highest BCUT2D eigenvalue weighted by molar-refractivity contribution is 5.85. The van der Waals surface area contributed by atoms with Crippen LogP contribution in [-0.2, 0) is 4.79 Å². The molecule has 0 bridgehead atoms. The number of nitrogens with zero attached hydrogens (tertiary/aromatic N) is 1. The fourth-order valence-corrected chi connectivity index (χ4v) is 2.18. The van der Waals surface area contributed by atoms with Crippen LogP contribution in [0.15, 0.2) is 0 Å². The van der Waals surface area contributed by atoms with Crippen molar-refractivity contribution < 1.29 is 4.79 Å². The number of rotatable bonds is 6. The first-order valence-corrected chi connectivity index (χ1v) is 6.35. The molecule has 4 nitrogen and oxygen atoms in total. The van der Waals surface area contributed by atoms with E-state index in [0.717, 1.165) is 19.5 Å². The third kappa shape index (κ3) is 5.70. The quantitative estimate of drug-likeness (QED) is 0.752. The molecule has 1 rings (SSSR count). The molecule has 1 fully saturated rings. The zero-order valence-electron chi connectivity index (χ0n) is 11.2. The Labute approximate surface area is 111 Å². The predicted molar refractivity (Wildman–Crippen MR) is 73.7 cm³/mol. The number of hydrogen-bond donors (Lipinski definition) is 2. The number of carbonyl (C=O) groups is 1. The second-order valence-electron chi connectivity index (χ2n) is 4.70. The molecule has 102 valence electrons. The van der Waals surface area contributed by atoms with Crippen molar-refractivity contribution in [2.24, 2.45) is 0 Å². The summed E-state index contributed by atoms with van der Waals surface area (Å²) in [5, 5.41) is 6.21. The first-order chi connectivity index (χ1) is 7.67. The number of halogens is 1. The SMILES string of the molecule is CCC(C)NC(=O)CN1CCCC1CNC.Cl. The number of likely N-dealkylation sites (tertiary alicyclic amines) is 1. The van der Waals surface area contributed by atoms with E-state index >= 15 is 0 Å². The normalized spacial score (nSPS) is 21.9. The molecule has 0 aliphatic carbocycles. The lowest BCUT2D eigenvalue weighted by Gasteiger charge is -2.24. The third-order valence-corrected chi connectivity index (χ3v) is 3.31. The Kier molecular flexibility index (Phi) is 8.56. The van der Waals surface area contributed by atoms with Crippen LogP contribution < -0.4 is 10.6 Å². The minimum atomic E-state index is 0. The van der Waals surface area contributed by atoms with E-state index < -0.39 is 0 Å². The molecule has 1 aliphatic rings. The van der Waals surface area contributed by atoms with Gasteiger partial charge < -0.3 is 10.6 Å². The summed E-state index contributed by atoms with van der Waals surface area (Å²) in [5.74, 6) is 0.164. The summed E-state index contributed by atoms with van der Waals surface area (Å²) in [5.41, 5.74) is 0. The topological polar surface area (TPSA) is 44.4 Å². The van der Waals surface area contributed by atoms with Crippen molar-refractivity contribution >= 4 is 18.3 Å². The number of amides is 1. The van der Waals surface area contributed by atoms with Crippen LogP contribution in [-0.4, -0.2) is 49.6 Å². The minimum Gasteiger partial charge on any atom is -0.353 e. The van der Waals surface area contributed by atoms with Crippen molar-refractivity contribution in [1.29, 1.82) is 0 Å². The fraction of sp³-hybridized carbons (Fsp3) is 0.917. The fourth-order valence-electron chi connectivity index (χ4n) is 2.18. The van der Waals surface area contributed by atoms with Gasteiger partial charge in [-0.3, -0.25) is 9.69 Å². The molecule has 1 heterocycles. The van der Waals surface area contributed by atoms with Crippen molar-refractivity contribution in [3.05, 3.63) is 0 Å². The Balaban J connectivity index is 0.00000256. The van der Waals surface area contributed by atoms with E-state index in [0.29, 0.717) is 12.6 Å². The van der Waals surface area contributed by atoms with Crippen molar-refractivity contribution in [3.63, 3.8) is 0 Å². The van der Waals surface area contributed by atoms with Gasteiger partial charge in [0.25, 0.3) is 0 Å². The van der Waals surface area contributed by atoms with Gasteiger partial charge in [0.2, 0.25) is 5.91 Å². The van der Waals surface area contributed by atoms with Gasteiger partial charge in [-0.15, -0.1) is 12.4 Å². The number of likely N-dealkylation sites (N-methyl/N-ethyl adjacent to an activating group) is 1. The van der Waals surface area contributed by atoms with Gasteiger partial charge in [0.15, 0.2) is 0 Å². The lowest BCUT2D eigenvalue weighted by molar-refractivity contribution is -0.123. The largest absolute Gasteiger partial charge is 0.353 e. The molecule has 0 aromatic heterocycles. The summed E-state index contributed by atoms with van der Waals surface area (Å²) >= 11 is 0. The van der Waals surface area contributed by atoms with E-state index in [1.54, 1.807) is 0 Å². The molecule has 0 spiro atoms. The maximum absolute atomic E-state index is 11.7. The molecule has 0 radical (unpaired) electrons. The maximum atomic E-state index is 11.7. The van der Waals surface area contributed by atoms with Crippen LogP contribution in [0, 0.1) is 0 Å². The average Bonchev–Trinajstić information content (AvgIpc) is 2.66. The summed E-state index contributed by atoms with van der Waals surface area (Å²) in [4.78, 5) is 14.0. The Bertz CT molecular complexity index is 226. The Hall–Kier alpha value is -0.320. The van der Waals surface area contributed by atoms with Crippen LogP contribution in [0.25, 0.3) is 0 Å².